The van der Waals surface area contributed by atoms with E-state index >= 15 is 4.39 Å². The van der Waals surface area contributed by atoms with Crippen molar-refractivity contribution in [2.75, 3.05) is 19.6 Å². The number of rotatable bonds is 1. The lowest BCUT2D eigenvalue weighted by Gasteiger charge is -2.40. The Labute approximate surface area is 102 Å². The van der Waals surface area contributed by atoms with Gasteiger partial charge >= 0.3 is 0 Å². The lowest BCUT2D eigenvalue weighted by atomic mass is 9.79. The van der Waals surface area contributed by atoms with Crippen LogP contribution >= 0.6 is 0 Å². The van der Waals surface area contributed by atoms with E-state index in [-0.39, 0.29) is 6.04 Å². The molecule has 2 aliphatic heterocycles. The highest BCUT2D eigenvalue weighted by molar-refractivity contribution is 5.34. The van der Waals surface area contributed by atoms with Gasteiger partial charge in [-0.3, -0.25) is 0 Å². The molecule has 2 N–H and O–H groups in total. The van der Waals surface area contributed by atoms with E-state index in [4.69, 9.17) is 0 Å². The van der Waals surface area contributed by atoms with Crippen LogP contribution in [0.1, 0.15) is 30.0 Å². The molecule has 3 rings (SSSR count). The standard InChI is InChI=1S/C14H19FN2/c15-14(6-9-16-10-7-14)13-12-4-2-1-3-11(12)5-8-17-13/h1-4,13,16-17H,5-10H2. The van der Waals surface area contributed by atoms with Gasteiger partial charge in [-0.05, 0) is 50.0 Å². The molecular formula is C14H19FN2. The van der Waals surface area contributed by atoms with E-state index in [9.17, 15) is 0 Å². The molecule has 92 valence electrons. The maximum atomic E-state index is 15.0. The summed E-state index contributed by atoms with van der Waals surface area (Å²) in [5.41, 5.74) is 1.40. The van der Waals surface area contributed by atoms with Gasteiger partial charge in [0, 0.05) is 0 Å². The quantitative estimate of drug-likeness (QED) is 0.776. The monoisotopic (exact) mass is 234 g/mol. The van der Waals surface area contributed by atoms with Crippen molar-refractivity contribution < 1.29 is 4.39 Å². The Bertz CT molecular complexity index is 399. The van der Waals surface area contributed by atoms with Gasteiger partial charge in [0.25, 0.3) is 0 Å². The van der Waals surface area contributed by atoms with Gasteiger partial charge in [0.2, 0.25) is 0 Å². The average molecular weight is 234 g/mol. The minimum atomic E-state index is -1.08. The Kier molecular flexibility index (Phi) is 2.89. The Morgan fingerprint density at radius 3 is 2.71 bits per heavy atom. The van der Waals surface area contributed by atoms with Crippen molar-refractivity contribution >= 4 is 0 Å². The summed E-state index contributed by atoms with van der Waals surface area (Å²) in [5, 5.41) is 6.62. The molecule has 0 spiro atoms. The highest BCUT2D eigenvalue weighted by atomic mass is 19.1. The van der Waals surface area contributed by atoms with Gasteiger partial charge in [-0.2, -0.15) is 0 Å². The number of fused-ring (bicyclic) bond motifs is 1. The summed E-state index contributed by atoms with van der Waals surface area (Å²) in [6, 6.07) is 8.16. The topological polar surface area (TPSA) is 24.1 Å². The fourth-order valence-corrected chi connectivity index (χ4v) is 3.10. The van der Waals surface area contributed by atoms with Crippen molar-refractivity contribution in [3.8, 4) is 0 Å². The van der Waals surface area contributed by atoms with Crippen molar-refractivity contribution in [3.63, 3.8) is 0 Å². The summed E-state index contributed by atoms with van der Waals surface area (Å²) in [4.78, 5) is 0. The van der Waals surface area contributed by atoms with Gasteiger partial charge in [-0.1, -0.05) is 24.3 Å². The maximum absolute atomic E-state index is 15.0. The van der Waals surface area contributed by atoms with Gasteiger partial charge < -0.3 is 10.6 Å². The maximum Gasteiger partial charge on any atom is 0.132 e. The van der Waals surface area contributed by atoms with Gasteiger partial charge in [-0.25, -0.2) is 4.39 Å². The first-order valence-electron chi connectivity index (χ1n) is 6.50. The van der Waals surface area contributed by atoms with Gasteiger partial charge in [0.05, 0.1) is 6.04 Å². The fraction of sp³-hybridized carbons (Fsp3) is 0.571. The zero-order valence-electron chi connectivity index (χ0n) is 10.0. The van der Waals surface area contributed by atoms with Gasteiger partial charge in [-0.15, -0.1) is 0 Å². The summed E-state index contributed by atoms with van der Waals surface area (Å²) >= 11 is 0. The molecule has 0 aliphatic carbocycles. The Hall–Kier alpha value is -0.930. The molecule has 1 atom stereocenters. The molecule has 0 radical (unpaired) electrons. The van der Waals surface area contributed by atoms with Crippen molar-refractivity contribution in [2.45, 2.75) is 31.0 Å². The van der Waals surface area contributed by atoms with E-state index in [0.29, 0.717) is 12.8 Å². The summed E-state index contributed by atoms with van der Waals surface area (Å²) in [7, 11) is 0. The average Bonchev–Trinajstić information content (AvgIpc) is 2.39. The molecule has 3 heteroatoms. The van der Waals surface area contributed by atoms with E-state index in [1.54, 1.807) is 0 Å². The zero-order chi connectivity index (χ0) is 11.7. The number of nitrogens with one attached hydrogen (secondary N) is 2. The largest absolute Gasteiger partial charge is 0.316 e. The van der Waals surface area contributed by atoms with Crippen LogP contribution in [0.25, 0.3) is 0 Å². The summed E-state index contributed by atoms with van der Waals surface area (Å²) in [6.45, 7) is 2.47. The third-order valence-corrected chi connectivity index (χ3v) is 4.06. The first-order chi connectivity index (χ1) is 8.30. The highest BCUT2D eigenvalue weighted by Crippen LogP contribution is 2.39. The van der Waals surface area contributed by atoms with Crippen LogP contribution in [0.4, 0.5) is 4.39 Å². The Morgan fingerprint density at radius 1 is 1.12 bits per heavy atom. The molecular weight excluding hydrogens is 215 g/mol. The SMILES string of the molecule is FC1(C2NCCc3ccccc32)CCNCC1. The van der Waals surface area contributed by atoms with Crippen LogP contribution in [0.2, 0.25) is 0 Å². The van der Waals surface area contributed by atoms with E-state index in [1.165, 1.54) is 11.1 Å². The lowest BCUT2D eigenvalue weighted by Crippen LogP contribution is -2.49. The third kappa shape index (κ3) is 1.98. The summed E-state index contributed by atoms with van der Waals surface area (Å²) < 4.78 is 15.0. The molecule has 2 aliphatic rings. The van der Waals surface area contributed by atoms with Crippen molar-refractivity contribution in [3.05, 3.63) is 35.4 Å². The zero-order valence-corrected chi connectivity index (χ0v) is 10.0. The van der Waals surface area contributed by atoms with Crippen LogP contribution in [0.3, 0.4) is 0 Å². The number of benzene rings is 1. The van der Waals surface area contributed by atoms with Crippen LogP contribution in [-0.2, 0) is 6.42 Å². The number of halogens is 1. The molecule has 0 amide bonds. The fourth-order valence-electron chi connectivity index (χ4n) is 3.10. The first-order valence-corrected chi connectivity index (χ1v) is 6.50. The smallest absolute Gasteiger partial charge is 0.132 e. The minimum absolute atomic E-state index is 0.116. The van der Waals surface area contributed by atoms with E-state index in [1.807, 2.05) is 6.07 Å². The van der Waals surface area contributed by atoms with Gasteiger partial charge in [0.15, 0.2) is 0 Å². The van der Waals surface area contributed by atoms with Crippen molar-refractivity contribution in [2.24, 2.45) is 0 Å². The molecule has 1 aromatic carbocycles. The normalized spacial score (nSPS) is 27.5. The summed E-state index contributed by atoms with van der Waals surface area (Å²) in [5.74, 6) is 0. The molecule has 1 fully saturated rings. The molecule has 2 heterocycles. The van der Waals surface area contributed by atoms with E-state index in [2.05, 4.69) is 28.8 Å². The molecule has 0 saturated carbocycles. The molecule has 0 bridgehead atoms. The predicted octanol–water partition coefficient (Wildman–Crippen LogP) is 1.97. The molecule has 1 aromatic rings. The van der Waals surface area contributed by atoms with Crippen LogP contribution in [0.5, 0.6) is 0 Å². The predicted molar refractivity (Wildman–Crippen MR) is 66.8 cm³/mol. The molecule has 2 nitrogen and oxygen atoms in total. The molecule has 1 unspecified atom stereocenters. The van der Waals surface area contributed by atoms with Crippen molar-refractivity contribution in [1.29, 1.82) is 0 Å². The minimum Gasteiger partial charge on any atom is -0.316 e. The molecule has 0 aromatic heterocycles. The van der Waals surface area contributed by atoms with Crippen LogP contribution in [0, 0.1) is 0 Å². The van der Waals surface area contributed by atoms with Gasteiger partial charge in [0.1, 0.15) is 5.67 Å². The first kappa shape index (κ1) is 11.2. The number of piperidine rings is 1. The highest BCUT2D eigenvalue weighted by Gasteiger charge is 2.42. The number of alkyl halides is 1. The third-order valence-electron chi connectivity index (χ3n) is 4.06. The van der Waals surface area contributed by atoms with Crippen LogP contribution < -0.4 is 10.6 Å². The molecule has 17 heavy (non-hydrogen) atoms. The Morgan fingerprint density at radius 2 is 1.88 bits per heavy atom. The second kappa shape index (κ2) is 4.39. The van der Waals surface area contributed by atoms with Crippen LogP contribution in [0.15, 0.2) is 24.3 Å². The second-order valence-electron chi connectivity index (χ2n) is 5.12. The number of hydrogen-bond acceptors (Lipinski definition) is 2. The van der Waals surface area contributed by atoms with E-state index < -0.39 is 5.67 Å². The Balaban J connectivity index is 1.94. The number of hydrogen-bond donors (Lipinski definition) is 2. The summed E-state index contributed by atoms with van der Waals surface area (Å²) in [6.07, 6.45) is 2.24. The van der Waals surface area contributed by atoms with E-state index in [0.717, 1.165) is 26.1 Å². The lowest BCUT2D eigenvalue weighted by molar-refractivity contribution is 0.0637. The second-order valence-corrected chi connectivity index (χ2v) is 5.12. The molecule has 1 saturated heterocycles. The van der Waals surface area contributed by atoms with Crippen LogP contribution in [-0.4, -0.2) is 25.3 Å². The van der Waals surface area contributed by atoms with Crippen molar-refractivity contribution in [1.82, 2.24) is 10.6 Å².